The Morgan fingerprint density at radius 2 is 1.92 bits per heavy atom. The third-order valence-corrected chi connectivity index (χ3v) is 4.38. The summed E-state index contributed by atoms with van der Waals surface area (Å²) >= 11 is 0. The second kappa shape index (κ2) is 10.8. The molecule has 6 heteroatoms. The summed E-state index contributed by atoms with van der Waals surface area (Å²) in [5.41, 5.74) is 0. The summed E-state index contributed by atoms with van der Waals surface area (Å²) in [5, 5.41) is 6.68. The van der Waals surface area contributed by atoms with E-state index in [1.165, 1.54) is 6.42 Å². The molecule has 1 unspecified atom stereocenters. The highest BCUT2D eigenvalue weighted by molar-refractivity contribution is 5.79. The molecule has 140 valence electrons. The Balaban J connectivity index is 1.63. The van der Waals surface area contributed by atoms with Crippen molar-refractivity contribution in [1.29, 1.82) is 0 Å². The fourth-order valence-corrected chi connectivity index (χ4v) is 2.80. The van der Waals surface area contributed by atoms with E-state index in [0.29, 0.717) is 13.2 Å². The molecule has 1 heterocycles. The first kappa shape index (κ1) is 19.4. The standard InChI is InChI=1S/C19H32N4O2/c1-4-23(5-2)13-9-8-12-21-19(20-3)22-14-16-15-24-17-10-6-7-11-18(17)25-16/h6-7,10-11,16H,4-5,8-9,12-15H2,1-3H3,(H2,20,21,22). The summed E-state index contributed by atoms with van der Waals surface area (Å²) < 4.78 is 11.7. The number of fused-ring (bicyclic) bond motifs is 1. The van der Waals surface area contributed by atoms with E-state index in [1.54, 1.807) is 7.05 Å². The first-order chi connectivity index (χ1) is 12.3. The van der Waals surface area contributed by atoms with E-state index in [2.05, 4.69) is 34.4 Å². The van der Waals surface area contributed by atoms with Gasteiger partial charge in [0.05, 0.1) is 6.54 Å². The number of benzene rings is 1. The lowest BCUT2D eigenvalue weighted by molar-refractivity contribution is 0.0936. The average molecular weight is 348 g/mol. The van der Waals surface area contributed by atoms with Crippen molar-refractivity contribution in [3.05, 3.63) is 24.3 Å². The van der Waals surface area contributed by atoms with Crippen LogP contribution in [-0.2, 0) is 0 Å². The lowest BCUT2D eigenvalue weighted by Gasteiger charge is -2.27. The number of rotatable bonds is 9. The summed E-state index contributed by atoms with van der Waals surface area (Å²) in [6.07, 6.45) is 2.31. The normalized spacial score (nSPS) is 16.8. The first-order valence-electron chi connectivity index (χ1n) is 9.32. The van der Waals surface area contributed by atoms with Gasteiger partial charge in [-0.15, -0.1) is 0 Å². The Morgan fingerprint density at radius 3 is 2.64 bits per heavy atom. The molecular formula is C19H32N4O2. The molecule has 0 bridgehead atoms. The highest BCUT2D eigenvalue weighted by Gasteiger charge is 2.20. The van der Waals surface area contributed by atoms with Gasteiger partial charge in [-0.3, -0.25) is 4.99 Å². The van der Waals surface area contributed by atoms with Crippen molar-refractivity contribution in [1.82, 2.24) is 15.5 Å². The number of guanidine groups is 1. The third-order valence-electron chi connectivity index (χ3n) is 4.38. The number of hydrogen-bond acceptors (Lipinski definition) is 4. The quantitative estimate of drug-likeness (QED) is 0.407. The van der Waals surface area contributed by atoms with E-state index >= 15 is 0 Å². The van der Waals surface area contributed by atoms with Crippen molar-refractivity contribution in [2.45, 2.75) is 32.8 Å². The van der Waals surface area contributed by atoms with Crippen LogP contribution in [0.1, 0.15) is 26.7 Å². The molecule has 2 rings (SSSR count). The van der Waals surface area contributed by atoms with Crippen LogP contribution in [-0.4, -0.2) is 63.3 Å². The van der Waals surface area contributed by atoms with E-state index in [-0.39, 0.29) is 6.10 Å². The molecule has 0 saturated carbocycles. The summed E-state index contributed by atoms with van der Waals surface area (Å²) in [6, 6.07) is 7.77. The molecule has 0 spiro atoms. The van der Waals surface area contributed by atoms with Crippen molar-refractivity contribution >= 4 is 5.96 Å². The lowest BCUT2D eigenvalue weighted by Crippen LogP contribution is -2.45. The molecule has 1 atom stereocenters. The van der Waals surface area contributed by atoms with E-state index in [1.807, 2.05) is 24.3 Å². The fraction of sp³-hybridized carbons (Fsp3) is 0.632. The van der Waals surface area contributed by atoms with Gasteiger partial charge in [0, 0.05) is 13.6 Å². The van der Waals surface area contributed by atoms with Gasteiger partial charge in [-0.05, 0) is 44.6 Å². The van der Waals surface area contributed by atoms with Gasteiger partial charge in [-0.2, -0.15) is 0 Å². The van der Waals surface area contributed by atoms with E-state index in [4.69, 9.17) is 9.47 Å². The van der Waals surface area contributed by atoms with Gasteiger partial charge in [0.2, 0.25) is 0 Å². The van der Waals surface area contributed by atoms with E-state index in [0.717, 1.165) is 50.1 Å². The van der Waals surface area contributed by atoms with Gasteiger partial charge in [0.15, 0.2) is 17.5 Å². The Bertz CT molecular complexity index is 532. The average Bonchev–Trinajstić information content (AvgIpc) is 2.67. The molecule has 0 radical (unpaired) electrons. The van der Waals surface area contributed by atoms with Crippen LogP contribution in [0.5, 0.6) is 11.5 Å². The Kier molecular flexibility index (Phi) is 8.39. The van der Waals surface area contributed by atoms with E-state index < -0.39 is 0 Å². The molecule has 6 nitrogen and oxygen atoms in total. The molecule has 1 aromatic rings. The first-order valence-corrected chi connectivity index (χ1v) is 9.32. The number of nitrogens with one attached hydrogen (secondary N) is 2. The van der Waals surface area contributed by atoms with Gasteiger partial charge in [-0.1, -0.05) is 26.0 Å². The summed E-state index contributed by atoms with van der Waals surface area (Å²) in [4.78, 5) is 6.72. The van der Waals surface area contributed by atoms with Crippen molar-refractivity contribution in [2.75, 3.05) is 46.4 Å². The molecule has 1 aliphatic rings. The van der Waals surface area contributed by atoms with Crippen LogP contribution in [0.25, 0.3) is 0 Å². The monoisotopic (exact) mass is 348 g/mol. The lowest BCUT2D eigenvalue weighted by atomic mass is 10.2. The molecule has 2 N–H and O–H groups in total. The van der Waals surface area contributed by atoms with E-state index in [9.17, 15) is 0 Å². The Labute approximate surface area is 151 Å². The minimum absolute atomic E-state index is 0.0175. The smallest absolute Gasteiger partial charge is 0.191 e. The van der Waals surface area contributed by atoms with Crippen LogP contribution in [0.4, 0.5) is 0 Å². The maximum absolute atomic E-state index is 5.95. The van der Waals surface area contributed by atoms with Crippen LogP contribution in [0.15, 0.2) is 29.3 Å². The maximum atomic E-state index is 5.95. The van der Waals surface area contributed by atoms with Gasteiger partial charge in [0.25, 0.3) is 0 Å². The van der Waals surface area contributed by atoms with Crippen molar-refractivity contribution in [3.63, 3.8) is 0 Å². The Hall–Kier alpha value is -1.95. The molecular weight excluding hydrogens is 316 g/mol. The number of hydrogen-bond donors (Lipinski definition) is 2. The molecule has 25 heavy (non-hydrogen) atoms. The third kappa shape index (κ3) is 6.46. The van der Waals surface area contributed by atoms with Crippen LogP contribution in [0.3, 0.4) is 0 Å². The molecule has 1 aliphatic heterocycles. The molecule has 1 aromatic carbocycles. The second-order valence-electron chi connectivity index (χ2n) is 6.11. The topological polar surface area (TPSA) is 58.1 Å². The van der Waals surface area contributed by atoms with Gasteiger partial charge in [-0.25, -0.2) is 0 Å². The highest BCUT2D eigenvalue weighted by Crippen LogP contribution is 2.30. The SMILES string of the molecule is CCN(CC)CCCCNC(=NC)NCC1COc2ccccc2O1. The van der Waals surface area contributed by atoms with Crippen LogP contribution in [0.2, 0.25) is 0 Å². The molecule has 0 aromatic heterocycles. The number of aliphatic imine (C=N–C) groups is 1. The molecule has 0 saturated heterocycles. The van der Waals surface area contributed by atoms with Crippen LogP contribution < -0.4 is 20.1 Å². The Morgan fingerprint density at radius 1 is 1.16 bits per heavy atom. The van der Waals surface area contributed by atoms with Gasteiger partial charge < -0.3 is 25.0 Å². The second-order valence-corrected chi connectivity index (χ2v) is 6.11. The molecule has 0 aliphatic carbocycles. The zero-order valence-corrected chi connectivity index (χ0v) is 15.8. The number of para-hydroxylation sites is 2. The minimum Gasteiger partial charge on any atom is -0.486 e. The predicted molar refractivity (Wildman–Crippen MR) is 103 cm³/mol. The molecule has 0 amide bonds. The zero-order chi connectivity index (χ0) is 17.9. The van der Waals surface area contributed by atoms with Crippen LogP contribution >= 0.6 is 0 Å². The fourth-order valence-electron chi connectivity index (χ4n) is 2.80. The van der Waals surface area contributed by atoms with Gasteiger partial charge >= 0.3 is 0 Å². The largest absolute Gasteiger partial charge is 0.486 e. The van der Waals surface area contributed by atoms with Crippen LogP contribution in [0, 0.1) is 0 Å². The number of nitrogens with zero attached hydrogens (tertiary/aromatic N) is 2. The minimum atomic E-state index is -0.0175. The highest BCUT2D eigenvalue weighted by atomic mass is 16.6. The van der Waals surface area contributed by atoms with Gasteiger partial charge in [0.1, 0.15) is 12.7 Å². The summed E-state index contributed by atoms with van der Waals surface area (Å²) in [7, 11) is 1.79. The summed E-state index contributed by atoms with van der Waals surface area (Å²) in [5.74, 6) is 2.43. The number of unbranched alkanes of at least 4 members (excludes halogenated alkanes) is 1. The zero-order valence-electron chi connectivity index (χ0n) is 15.8. The van der Waals surface area contributed by atoms with Crippen molar-refractivity contribution < 1.29 is 9.47 Å². The van der Waals surface area contributed by atoms with Crippen molar-refractivity contribution in [3.8, 4) is 11.5 Å². The summed E-state index contributed by atoms with van der Waals surface area (Å²) in [6.45, 7) is 9.96. The maximum Gasteiger partial charge on any atom is 0.191 e. The number of ether oxygens (including phenoxy) is 2. The van der Waals surface area contributed by atoms with Crippen molar-refractivity contribution in [2.24, 2.45) is 4.99 Å². The predicted octanol–water partition coefficient (Wildman–Crippen LogP) is 2.11. The molecule has 0 fully saturated rings.